The molecule has 0 radical (unpaired) electrons. The van der Waals surface area contributed by atoms with E-state index in [4.69, 9.17) is 10.00 Å². The molecule has 0 saturated carbocycles. The maximum atomic E-state index is 8.95. The number of benzene rings is 1. The second-order valence-electron chi connectivity index (χ2n) is 4.40. The largest absolute Gasteiger partial charge is 0.495 e. The Kier molecular flexibility index (Phi) is 4.56. The second kappa shape index (κ2) is 6.37. The molecule has 19 heavy (non-hydrogen) atoms. The van der Waals surface area contributed by atoms with Crippen molar-refractivity contribution in [3.63, 3.8) is 0 Å². The van der Waals surface area contributed by atoms with E-state index in [1.54, 1.807) is 18.4 Å². The van der Waals surface area contributed by atoms with Crippen LogP contribution in [0.25, 0.3) is 0 Å². The van der Waals surface area contributed by atoms with Gasteiger partial charge in [-0.2, -0.15) is 5.26 Å². The fraction of sp³-hybridized carbons (Fsp3) is 0.267. The fourth-order valence-electron chi connectivity index (χ4n) is 1.96. The quantitative estimate of drug-likeness (QED) is 0.838. The molecule has 3 nitrogen and oxygen atoms in total. The first kappa shape index (κ1) is 13.6. The summed E-state index contributed by atoms with van der Waals surface area (Å²) in [5.41, 5.74) is 1.72. The minimum absolute atomic E-state index is 0.576. The molecule has 0 bridgehead atoms. The van der Waals surface area contributed by atoms with Crippen molar-refractivity contribution in [2.45, 2.75) is 13.1 Å². The summed E-state index contributed by atoms with van der Waals surface area (Å²) in [6.07, 6.45) is 0. The first-order chi connectivity index (χ1) is 9.22. The molecule has 0 aliphatic rings. The maximum Gasteiger partial charge on any atom is 0.136 e. The first-order valence-electron chi connectivity index (χ1n) is 6.01. The number of thiophene rings is 1. The summed E-state index contributed by atoms with van der Waals surface area (Å²) in [7, 11) is 3.68. The summed E-state index contributed by atoms with van der Waals surface area (Å²) in [6.45, 7) is 1.76. The van der Waals surface area contributed by atoms with Crippen molar-refractivity contribution in [3.8, 4) is 11.8 Å². The van der Waals surface area contributed by atoms with Crippen LogP contribution < -0.4 is 4.74 Å². The Morgan fingerprint density at radius 1 is 1.32 bits per heavy atom. The predicted octanol–water partition coefficient (Wildman–Crippen LogP) is 3.26. The molecule has 1 aromatic carbocycles. The van der Waals surface area contributed by atoms with Crippen molar-refractivity contribution in [2.24, 2.45) is 0 Å². The minimum Gasteiger partial charge on any atom is -0.495 e. The molecule has 0 unspecified atom stereocenters. The number of ether oxygens (including phenoxy) is 1. The molecular formula is C15H16N2OS. The highest BCUT2D eigenvalue weighted by molar-refractivity contribution is 7.09. The van der Waals surface area contributed by atoms with Gasteiger partial charge in [0.2, 0.25) is 0 Å². The summed E-state index contributed by atoms with van der Waals surface area (Å²) >= 11 is 1.77. The summed E-state index contributed by atoms with van der Waals surface area (Å²) in [6, 6.07) is 12.1. The van der Waals surface area contributed by atoms with Gasteiger partial charge in [0.25, 0.3) is 0 Å². The molecule has 0 amide bonds. The van der Waals surface area contributed by atoms with E-state index in [9.17, 15) is 0 Å². The SMILES string of the molecule is COc1cc(CN(C)Cc2cccs2)ccc1C#N. The molecule has 0 fully saturated rings. The zero-order valence-corrected chi connectivity index (χ0v) is 11.9. The van der Waals surface area contributed by atoms with E-state index in [0.717, 1.165) is 18.7 Å². The molecule has 2 aromatic rings. The van der Waals surface area contributed by atoms with Crippen LogP contribution in [0.1, 0.15) is 16.0 Å². The minimum atomic E-state index is 0.576. The van der Waals surface area contributed by atoms with Gasteiger partial charge in [0.15, 0.2) is 0 Å². The van der Waals surface area contributed by atoms with Crippen LogP contribution >= 0.6 is 11.3 Å². The number of hydrogen-bond acceptors (Lipinski definition) is 4. The lowest BCUT2D eigenvalue weighted by molar-refractivity contribution is 0.321. The molecule has 0 saturated heterocycles. The molecule has 4 heteroatoms. The maximum absolute atomic E-state index is 8.95. The fourth-order valence-corrected chi connectivity index (χ4v) is 2.75. The summed E-state index contributed by atoms with van der Waals surface area (Å²) in [4.78, 5) is 3.59. The van der Waals surface area contributed by atoms with Crippen LogP contribution in [0, 0.1) is 11.3 Å². The predicted molar refractivity (Wildman–Crippen MR) is 77.2 cm³/mol. The number of nitriles is 1. The third kappa shape index (κ3) is 3.57. The van der Waals surface area contributed by atoms with Gasteiger partial charge in [-0.05, 0) is 36.2 Å². The van der Waals surface area contributed by atoms with E-state index in [1.807, 2.05) is 18.2 Å². The molecule has 98 valence electrons. The van der Waals surface area contributed by atoms with Gasteiger partial charge in [0, 0.05) is 18.0 Å². The van der Waals surface area contributed by atoms with Gasteiger partial charge >= 0.3 is 0 Å². The van der Waals surface area contributed by atoms with Crippen molar-refractivity contribution in [2.75, 3.05) is 14.2 Å². The Labute approximate surface area is 117 Å². The molecular weight excluding hydrogens is 256 g/mol. The van der Waals surface area contributed by atoms with Crippen LogP contribution in [0.15, 0.2) is 35.7 Å². The normalized spacial score (nSPS) is 10.4. The first-order valence-corrected chi connectivity index (χ1v) is 6.89. The highest BCUT2D eigenvalue weighted by atomic mass is 32.1. The van der Waals surface area contributed by atoms with Crippen molar-refractivity contribution < 1.29 is 4.74 Å². The number of hydrogen-bond donors (Lipinski definition) is 0. The third-order valence-corrected chi connectivity index (χ3v) is 3.71. The van der Waals surface area contributed by atoms with Crippen molar-refractivity contribution in [3.05, 3.63) is 51.7 Å². The van der Waals surface area contributed by atoms with Crippen LogP contribution in [0.5, 0.6) is 5.75 Å². The molecule has 1 heterocycles. The number of rotatable bonds is 5. The molecule has 0 atom stereocenters. The summed E-state index contributed by atoms with van der Waals surface area (Å²) in [5.74, 6) is 0.643. The molecule has 0 spiro atoms. The van der Waals surface area contributed by atoms with Crippen LogP contribution in [-0.4, -0.2) is 19.1 Å². The zero-order chi connectivity index (χ0) is 13.7. The standard InChI is InChI=1S/C15H16N2OS/c1-17(11-14-4-3-7-19-14)10-12-5-6-13(9-16)15(8-12)18-2/h3-8H,10-11H2,1-2H3. The average molecular weight is 272 g/mol. The van der Waals surface area contributed by atoms with E-state index >= 15 is 0 Å². The van der Waals surface area contributed by atoms with Crippen LogP contribution in [-0.2, 0) is 13.1 Å². The highest BCUT2D eigenvalue weighted by Gasteiger charge is 2.06. The molecule has 0 aliphatic heterocycles. The van der Waals surface area contributed by atoms with Crippen molar-refractivity contribution in [1.82, 2.24) is 4.90 Å². The summed E-state index contributed by atoms with van der Waals surface area (Å²) in [5, 5.41) is 11.0. The Balaban J connectivity index is 2.04. The number of methoxy groups -OCH3 is 1. The summed E-state index contributed by atoms with van der Waals surface area (Å²) < 4.78 is 5.23. The van der Waals surface area contributed by atoms with Gasteiger partial charge < -0.3 is 4.74 Å². The van der Waals surface area contributed by atoms with Crippen molar-refractivity contribution in [1.29, 1.82) is 5.26 Å². The van der Waals surface area contributed by atoms with E-state index in [-0.39, 0.29) is 0 Å². The van der Waals surface area contributed by atoms with Gasteiger partial charge in [0.05, 0.1) is 12.7 Å². The highest BCUT2D eigenvalue weighted by Crippen LogP contribution is 2.20. The molecule has 1 aromatic heterocycles. The van der Waals surface area contributed by atoms with E-state index in [2.05, 4.69) is 35.5 Å². The topological polar surface area (TPSA) is 36.3 Å². The average Bonchev–Trinajstić information content (AvgIpc) is 2.91. The Morgan fingerprint density at radius 3 is 2.79 bits per heavy atom. The third-order valence-electron chi connectivity index (χ3n) is 2.84. The van der Waals surface area contributed by atoms with Gasteiger partial charge in [-0.15, -0.1) is 11.3 Å². The zero-order valence-electron chi connectivity index (χ0n) is 11.1. The van der Waals surface area contributed by atoms with Gasteiger partial charge in [-0.3, -0.25) is 4.90 Å². The Morgan fingerprint density at radius 2 is 2.16 bits per heavy atom. The van der Waals surface area contributed by atoms with Crippen LogP contribution in [0.3, 0.4) is 0 Å². The Hall–Kier alpha value is -1.83. The van der Waals surface area contributed by atoms with E-state index < -0.39 is 0 Å². The molecule has 0 aliphatic carbocycles. The molecule has 0 N–H and O–H groups in total. The van der Waals surface area contributed by atoms with Gasteiger partial charge in [-0.1, -0.05) is 12.1 Å². The van der Waals surface area contributed by atoms with Gasteiger partial charge in [0.1, 0.15) is 11.8 Å². The van der Waals surface area contributed by atoms with Gasteiger partial charge in [-0.25, -0.2) is 0 Å². The van der Waals surface area contributed by atoms with E-state index in [1.165, 1.54) is 4.88 Å². The van der Waals surface area contributed by atoms with Crippen LogP contribution in [0.2, 0.25) is 0 Å². The lowest BCUT2D eigenvalue weighted by Gasteiger charge is -2.16. The van der Waals surface area contributed by atoms with Crippen LogP contribution in [0.4, 0.5) is 0 Å². The lowest BCUT2D eigenvalue weighted by Crippen LogP contribution is -2.16. The molecule has 2 rings (SSSR count). The van der Waals surface area contributed by atoms with E-state index in [0.29, 0.717) is 11.3 Å². The smallest absolute Gasteiger partial charge is 0.136 e. The Bertz CT molecular complexity index is 572. The second-order valence-corrected chi connectivity index (χ2v) is 5.43. The van der Waals surface area contributed by atoms with Crippen molar-refractivity contribution >= 4 is 11.3 Å². The number of nitrogens with zero attached hydrogens (tertiary/aromatic N) is 2. The monoisotopic (exact) mass is 272 g/mol. The lowest BCUT2D eigenvalue weighted by atomic mass is 10.1.